The van der Waals surface area contributed by atoms with Gasteiger partial charge in [-0.25, -0.2) is 0 Å². The molecule has 0 rings (SSSR count). The van der Waals surface area contributed by atoms with Gasteiger partial charge in [-0.3, -0.25) is 4.79 Å². The summed E-state index contributed by atoms with van der Waals surface area (Å²) >= 11 is 3.42. The summed E-state index contributed by atoms with van der Waals surface area (Å²) in [7, 11) is 0. The Bertz CT molecular complexity index is 227. The second-order valence-electron chi connectivity index (χ2n) is 4.86. The third-order valence-corrected chi connectivity index (χ3v) is 3.56. The first-order chi connectivity index (χ1) is 9.31. The Balaban J connectivity index is 3.25. The van der Waals surface area contributed by atoms with E-state index in [4.69, 9.17) is 4.74 Å². The number of carbonyl (C=O) groups excluding carboxylic acids is 1. The van der Waals surface area contributed by atoms with Gasteiger partial charge in [0.2, 0.25) is 0 Å². The quantitative estimate of drug-likeness (QED) is 0.195. The number of carbonyl (C=O) groups is 1. The van der Waals surface area contributed by atoms with Crippen LogP contribution in [0.25, 0.3) is 0 Å². The maximum Gasteiger partial charge on any atom is 0.306 e. The lowest BCUT2D eigenvalue weighted by Gasteiger charge is -2.02. The van der Waals surface area contributed by atoms with Crippen LogP contribution in [0.15, 0.2) is 12.2 Å². The van der Waals surface area contributed by atoms with Crippen LogP contribution in [0, 0.1) is 0 Å². The van der Waals surface area contributed by atoms with Gasteiger partial charge >= 0.3 is 5.97 Å². The monoisotopic (exact) mass is 332 g/mol. The number of ether oxygens (including phenoxy) is 1. The normalized spacial score (nSPS) is 11.1. The first kappa shape index (κ1) is 18.7. The smallest absolute Gasteiger partial charge is 0.306 e. The van der Waals surface area contributed by atoms with Crippen molar-refractivity contribution in [2.75, 3.05) is 11.9 Å². The van der Waals surface area contributed by atoms with Gasteiger partial charge in [0, 0.05) is 11.8 Å². The molecule has 0 N–H and O–H groups in total. The van der Waals surface area contributed by atoms with Crippen LogP contribution >= 0.6 is 15.9 Å². The molecule has 0 fully saturated rings. The van der Waals surface area contributed by atoms with Crippen molar-refractivity contribution in [3.8, 4) is 0 Å². The van der Waals surface area contributed by atoms with Crippen molar-refractivity contribution >= 4 is 21.9 Å². The van der Waals surface area contributed by atoms with Crippen LogP contribution in [0.2, 0.25) is 0 Å². The third kappa shape index (κ3) is 15.6. The average Bonchev–Trinajstić information content (AvgIpc) is 2.41. The summed E-state index contributed by atoms with van der Waals surface area (Å²) in [6.45, 7) is 2.64. The first-order valence-corrected chi connectivity index (χ1v) is 8.80. The molecule has 0 spiro atoms. The number of allylic oxidation sites excluding steroid dienone is 1. The molecule has 0 aliphatic carbocycles. The fourth-order valence-corrected chi connectivity index (χ4v) is 2.20. The molecule has 0 aliphatic rings. The minimum absolute atomic E-state index is 0.0568. The molecule has 0 aliphatic heterocycles. The molecular formula is C16H29BrO2. The SMILES string of the molecule is CCCCCC=CCOC(=O)CCCCCCCBr. The van der Waals surface area contributed by atoms with Crippen LogP contribution in [-0.2, 0) is 9.53 Å². The maximum atomic E-state index is 11.4. The molecule has 0 saturated carbocycles. The van der Waals surface area contributed by atoms with Crippen LogP contribution in [0.4, 0.5) is 0 Å². The fourth-order valence-electron chi connectivity index (χ4n) is 1.81. The Hall–Kier alpha value is -0.310. The molecule has 3 heteroatoms. The summed E-state index contributed by atoms with van der Waals surface area (Å²) in [4.78, 5) is 11.4. The number of rotatable bonds is 13. The number of halogens is 1. The van der Waals surface area contributed by atoms with Crippen molar-refractivity contribution in [2.45, 2.75) is 71.1 Å². The molecule has 0 atom stereocenters. The molecule has 0 amide bonds. The Morgan fingerprint density at radius 3 is 2.47 bits per heavy atom. The van der Waals surface area contributed by atoms with E-state index in [1.165, 1.54) is 38.5 Å². The molecule has 0 unspecified atom stereocenters. The van der Waals surface area contributed by atoms with E-state index in [9.17, 15) is 4.79 Å². The molecule has 0 saturated heterocycles. The lowest BCUT2D eigenvalue weighted by molar-refractivity contribution is -0.142. The maximum absolute atomic E-state index is 11.4. The summed E-state index contributed by atoms with van der Waals surface area (Å²) in [5.74, 6) is -0.0568. The van der Waals surface area contributed by atoms with Gasteiger partial charge in [0.25, 0.3) is 0 Å². The highest BCUT2D eigenvalue weighted by molar-refractivity contribution is 9.09. The second-order valence-corrected chi connectivity index (χ2v) is 5.65. The van der Waals surface area contributed by atoms with Crippen LogP contribution < -0.4 is 0 Å². The number of esters is 1. The van der Waals surface area contributed by atoms with Gasteiger partial charge in [-0.1, -0.05) is 67.1 Å². The van der Waals surface area contributed by atoms with Gasteiger partial charge in [-0.15, -0.1) is 0 Å². The molecule has 0 aromatic carbocycles. The van der Waals surface area contributed by atoms with E-state index >= 15 is 0 Å². The van der Waals surface area contributed by atoms with Crippen molar-refractivity contribution in [3.05, 3.63) is 12.2 Å². The van der Waals surface area contributed by atoms with Gasteiger partial charge in [0.15, 0.2) is 0 Å². The highest BCUT2D eigenvalue weighted by Gasteiger charge is 2.00. The number of hydrogen-bond acceptors (Lipinski definition) is 2. The fraction of sp³-hybridized carbons (Fsp3) is 0.812. The zero-order chi connectivity index (χ0) is 14.2. The minimum Gasteiger partial charge on any atom is -0.461 e. The van der Waals surface area contributed by atoms with E-state index < -0.39 is 0 Å². The van der Waals surface area contributed by atoms with E-state index in [1.807, 2.05) is 6.08 Å². The summed E-state index contributed by atoms with van der Waals surface area (Å²) in [6, 6.07) is 0. The van der Waals surface area contributed by atoms with Gasteiger partial charge in [-0.2, -0.15) is 0 Å². The molecule has 0 radical (unpaired) electrons. The van der Waals surface area contributed by atoms with Crippen LogP contribution in [0.3, 0.4) is 0 Å². The molecule has 2 nitrogen and oxygen atoms in total. The van der Waals surface area contributed by atoms with E-state index in [0.717, 1.165) is 24.6 Å². The molecule has 0 aromatic heterocycles. The number of unbranched alkanes of at least 4 members (excludes halogenated alkanes) is 7. The highest BCUT2D eigenvalue weighted by Crippen LogP contribution is 2.07. The Morgan fingerprint density at radius 1 is 1.00 bits per heavy atom. The molecule has 0 aromatic rings. The standard InChI is InChI=1S/C16H29BrO2/c1-2-3-4-5-9-12-15-19-16(18)13-10-7-6-8-11-14-17/h9,12H,2-8,10-11,13-15H2,1H3. The van der Waals surface area contributed by atoms with Gasteiger partial charge in [0.1, 0.15) is 6.61 Å². The van der Waals surface area contributed by atoms with Gasteiger partial charge < -0.3 is 4.74 Å². The first-order valence-electron chi connectivity index (χ1n) is 7.67. The average molecular weight is 333 g/mol. The Morgan fingerprint density at radius 2 is 1.74 bits per heavy atom. The molecular weight excluding hydrogens is 304 g/mol. The Labute approximate surface area is 127 Å². The van der Waals surface area contributed by atoms with Crippen LogP contribution in [-0.4, -0.2) is 17.9 Å². The van der Waals surface area contributed by atoms with Crippen molar-refractivity contribution in [3.63, 3.8) is 0 Å². The third-order valence-electron chi connectivity index (χ3n) is 3.00. The van der Waals surface area contributed by atoms with E-state index in [0.29, 0.717) is 13.0 Å². The van der Waals surface area contributed by atoms with E-state index in [2.05, 4.69) is 28.9 Å². The predicted molar refractivity (Wildman–Crippen MR) is 85.7 cm³/mol. The predicted octanol–water partition coefficient (Wildman–Crippen LogP) is 5.40. The van der Waals surface area contributed by atoms with Crippen LogP contribution in [0.1, 0.15) is 71.1 Å². The summed E-state index contributed by atoms with van der Waals surface area (Å²) in [5.41, 5.74) is 0. The molecule has 112 valence electrons. The zero-order valence-electron chi connectivity index (χ0n) is 12.3. The van der Waals surface area contributed by atoms with Crippen molar-refractivity contribution in [2.24, 2.45) is 0 Å². The molecule has 19 heavy (non-hydrogen) atoms. The zero-order valence-corrected chi connectivity index (χ0v) is 13.9. The lowest BCUT2D eigenvalue weighted by Crippen LogP contribution is -2.03. The van der Waals surface area contributed by atoms with Gasteiger partial charge in [-0.05, 0) is 25.7 Å². The van der Waals surface area contributed by atoms with Gasteiger partial charge in [0.05, 0.1) is 0 Å². The number of alkyl halides is 1. The lowest BCUT2D eigenvalue weighted by atomic mass is 10.1. The van der Waals surface area contributed by atoms with Crippen molar-refractivity contribution in [1.29, 1.82) is 0 Å². The molecule has 0 heterocycles. The summed E-state index contributed by atoms with van der Waals surface area (Å²) < 4.78 is 5.14. The Kier molecular flexibility index (Phi) is 15.5. The summed E-state index contributed by atoms with van der Waals surface area (Å²) in [6.07, 6.45) is 15.3. The largest absolute Gasteiger partial charge is 0.461 e. The topological polar surface area (TPSA) is 26.3 Å². The highest BCUT2D eigenvalue weighted by atomic mass is 79.9. The second kappa shape index (κ2) is 15.7. The van der Waals surface area contributed by atoms with Crippen molar-refractivity contribution in [1.82, 2.24) is 0 Å². The van der Waals surface area contributed by atoms with E-state index in [-0.39, 0.29) is 5.97 Å². The van der Waals surface area contributed by atoms with Crippen LogP contribution in [0.5, 0.6) is 0 Å². The minimum atomic E-state index is -0.0568. The summed E-state index contributed by atoms with van der Waals surface area (Å²) in [5, 5.41) is 1.08. The van der Waals surface area contributed by atoms with Crippen molar-refractivity contribution < 1.29 is 9.53 Å². The molecule has 0 bridgehead atoms. The number of hydrogen-bond donors (Lipinski definition) is 0. The van der Waals surface area contributed by atoms with E-state index in [1.54, 1.807) is 0 Å².